The number of rotatable bonds is 4. The van der Waals surface area contributed by atoms with E-state index in [9.17, 15) is 0 Å². The van der Waals surface area contributed by atoms with Gasteiger partial charge in [0.2, 0.25) is 0 Å². The quantitative estimate of drug-likeness (QED) is 0.466. The van der Waals surface area contributed by atoms with E-state index in [2.05, 4.69) is 97.1 Å². The normalized spacial score (nSPS) is 11.3. The monoisotopic (exact) mass is 418 g/mol. The predicted molar refractivity (Wildman–Crippen MR) is 102 cm³/mol. The summed E-state index contributed by atoms with van der Waals surface area (Å²) in [6, 6.07) is 36.8. The summed E-state index contributed by atoms with van der Waals surface area (Å²) in [5.41, 5.74) is 0. The third-order valence-electron chi connectivity index (χ3n) is 4.51. The van der Waals surface area contributed by atoms with Gasteiger partial charge in [-0.1, -0.05) is 0 Å². The van der Waals surface area contributed by atoms with E-state index in [0.29, 0.717) is 0 Å². The van der Waals surface area contributed by atoms with Crippen molar-refractivity contribution in [2.45, 2.75) is 0 Å². The summed E-state index contributed by atoms with van der Waals surface area (Å²) in [6.45, 7) is 0. The molecule has 1 aromatic heterocycles. The van der Waals surface area contributed by atoms with Crippen LogP contribution in [0.3, 0.4) is 0 Å². The van der Waals surface area contributed by atoms with Crippen LogP contribution < -0.4 is 14.5 Å². The van der Waals surface area contributed by atoms with E-state index in [-0.39, 0.29) is 0 Å². The summed E-state index contributed by atoms with van der Waals surface area (Å²) in [7, 11) is 0. The maximum atomic E-state index is 6.06. The van der Waals surface area contributed by atoms with Crippen LogP contribution in [-0.4, -0.2) is 18.4 Å². The third kappa shape index (κ3) is 2.49. The summed E-state index contributed by atoms with van der Waals surface area (Å²) in [5.74, 6) is 0. The van der Waals surface area contributed by atoms with Gasteiger partial charge in [0, 0.05) is 0 Å². The molecule has 0 N–H and O–H groups in total. The Balaban J connectivity index is 2.12. The first kappa shape index (κ1) is 15.3. The molecule has 1 heterocycles. The number of benzene rings is 3. The van der Waals surface area contributed by atoms with Crippen LogP contribution in [0.4, 0.5) is 0 Å². The van der Waals surface area contributed by atoms with Gasteiger partial charge in [-0.3, -0.25) is 0 Å². The van der Waals surface area contributed by atoms with Gasteiger partial charge in [0.25, 0.3) is 0 Å². The Hall–Kier alpha value is -2.26. The molecule has 116 valence electrons. The van der Waals surface area contributed by atoms with Gasteiger partial charge >= 0.3 is 147 Å². The molecule has 0 saturated carbocycles. The van der Waals surface area contributed by atoms with Gasteiger partial charge in [0.05, 0.1) is 0 Å². The molecule has 0 fully saturated rings. The zero-order valence-corrected chi connectivity index (χ0v) is 16.2. The van der Waals surface area contributed by atoms with Crippen molar-refractivity contribution in [1.82, 2.24) is 0 Å². The second kappa shape index (κ2) is 6.70. The molecule has 0 atom stereocenters. The van der Waals surface area contributed by atoms with Crippen LogP contribution in [0.1, 0.15) is 0 Å². The van der Waals surface area contributed by atoms with Crippen molar-refractivity contribution in [3.05, 3.63) is 109 Å². The molecule has 0 aliphatic carbocycles. The fraction of sp³-hybridized carbons (Fsp3) is 0. The Morgan fingerprint density at radius 3 is 1.21 bits per heavy atom. The van der Waals surface area contributed by atoms with Crippen molar-refractivity contribution in [3.63, 3.8) is 0 Å². The third-order valence-corrected chi connectivity index (χ3v) is 17.7. The SMILES string of the molecule is c1cc[c]([Sn]([c]2ccccc2)([c]2ccccc2)[c]2ccco2)cc1. The predicted octanol–water partition coefficient (Wildman–Crippen LogP) is 2.66. The summed E-state index contributed by atoms with van der Waals surface area (Å²) in [6.07, 6.45) is 1.80. The number of hydrogen-bond donors (Lipinski definition) is 0. The average molecular weight is 417 g/mol. The average Bonchev–Trinajstić information content (AvgIpc) is 3.20. The fourth-order valence-electron chi connectivity index (χ4n) is 3.48. The van der Waals surface area contributed by atoms with Gasteiger partial charge in [-0.15, -0.1) is 0 Å². The molecule has 0 saturated heterocycles. The Morgan fingerprint density at radius 2 is 0.875 bits per heavy atom. The second-order valence-corrected chi connectivity index (χ2v) is 16.5. The Bertz CT molecular complexity index is 788. The second-order valence-electron chi connectivity index (χ2n) is 5.83. The topological polar surface area (TPSA) is 13.1 Å². The number of hydrogen-bond acceptors (Lipinski definition) is 1. The Morgan fingerprint density at radius 1 is 0.458 bits per heavy atom. The van der Waals surface area contributed by atoms with Crippen molar-refractivity contribution in [1.29, 1.82) is 0 Å². The molecule has 0 spiro atoms. The van der Waals surface area contributed by atoms with Crippen molar-refractivity contribution < 1.29 is 4.42 Å². The summed E-state index contributed by atoms with van der Waals surface area (Å²) < 4.78 is 11.4. The van der Waals surface area contributed by atoms with Crippen LogP contribution >= 0.6 is 0 Å². The zero-order chi connectivity index (χ0) is 16.2. The van der Waals surface area contributed by atoms with Crippen LogP contribution in [0.25, 0.3) is 0 Å². The van der Waals surface area contributed by atoms with Crippen molar-refractivity contribution in [2.75, 3.05) is 0 Å². The summed E-state index contributed by atoms with van der Waals surface area (Å²) in [5, 5.41) is 0. The Kier molecular flexibility index (Phi) is 4.26. The van der Waals surface area contributed by atoms with Crippen LogP contribution in [0.5, 0.6) is 0 Å². The van der Waals surface area contributed by atoms with E-state index in [4.69, 9.17) is 4.42 Å². The molecule has 0 radical (unpaired) electrons. The van der Waals surface area contributed by atoms with Crippen LogP contribution in [-0.2, 0) is 0 Å². The van der Waals surface area contributed by atoms with Crippen molar-refractivity contribution in [3.8, 4) is 0 Å². The maximum absolute atomic E-state index is 6.06. The van der Waals surface area contributed by atoms with E-state index in [1.807, 2.05) is 6.07 Å². The van der Waals surface area contributed by atoms with E-state index in [1.165, 1.54) is 10.7 Å². The van der Waals surface area contributed by atoms with E-state index in [1.54, 1.807) is 6.26 Å². The minimum atomic E-state index is -3.41. The molecular formula is C22H18OSn. The van der Waals surface area contributed by atoms with E-state index >= 15 is 0 Å². The van der Waals surface area contributed by atoms with Gasteiger partial charge in [-0.25, -0.2) is 0 Å². The minimum absolute atomic E-state index is 1.13. The molecule has 0 amide bonds. The zero-order valence-electron chi connectivity index (χ0n) is 13.3. The molecule has 2 heteroatoms. The van der Waals surface area contributed by atoms with Gasteiger partial charge in [-0.2, -0.15) is 0 Å². The van der Waals surface area contributed by atoms with Crippen LogP contribution in [0.2, 0.25) is 0 Å². The first-order chi connectivity index (χ1) is 11.9. The van der Waals surface area contributed by atoms with Crippen LogP contribution in [0.15, 0.2) is 114 Å². The first-order valence-electron chi connectivity index (χ1n) is 8.13. The standard InChI is InChI=1S/3C6H5.C4H3O.Sn/c3*1-2-4-6-5-3-1;1-2-4-5-3-1;/h3*1-5H;1-3H;. The van der Waals surface area contributed by atoms with Crippen molar-refractivity contribution in [2.24, 2.45) is 0 Å². The Labute approximate surface area is 146 Å². The molecule has 0 bridgehead atoms. The van der Waals surface area contributed by atoms with E-state index in [0.717, 1.165) is 3.78 Å². The van der Waals surface area contributed by atoms with Crippen LogP contribution in [0, 0.1) is 0 Å². The molecular weight excluding hydrogens is 399 g/mol. The van der Waals surface area contributed by atoms with E-state index < -0.39 is 18.4 Å². The van der Waals surface area contributed by atoms with Gasteiger partial charge in [-0.05, 0) is 0 Å². The fourth-order valence-corrected chi connectivity index (χ4v) is 16.4. The molecule has 3 aromatic carbocycles. The first-order valence-corrected chi connectivity index (χ1v) is 13.8. The molecule has 4 aromatic rings. The van der Waals surface area contributed by atoms with Gasteiger partial charge in [0.1, 0.15) is 0 Å². The number of furan rings is 1. The molecule has 0 unspecified atom stereocenters. The van der Waals surface area contributed by atoms with Gasteiger partial charge in [0.15, 0.2) is 0 Å². The molecule has 0 aliphatic heterocycles. The summed E-state index contributed by atoms with van der Waals surface area (Å²) >= 11 is -3.41. The molecule has 0 aliphatic rings. The molecule has 1 nitrogen and oxygen atoms in total. The summed E-state index contributed by atoms with van der Waals surface area (Å²) in [4.78, 5) is 0. The molecule has 4 rings (SSSR count). The van der Waals surface area contributed by atoms with Gasteiger partial charge < -0.3 is 0 Å². The molecule has 24 heavy (non-hydrogen) atoms. The van der Waals surface area contributed by atoms with Crippen molar-refractivity contribution >= 4 is 32.9 Å².